The third-order valence-electron chi connectivity index (χ3n) is 4.63. The Balaban J connectivity index is 1.48. The number of piperidine rings is 1. The number of nitrogens with one attached hydrogen (secondary N) is 1. The number of hydrogen-bond acceptors (Lipinski definition) is 4. The molecule has 1 atom stereocenters. The number of aromatic nitrogens is 2. The zero-order valence-electron chi connectivity index (χ0n) is 14.7. The van der Waals surface area contributed by atoms with Crippen LogP contribution in [0.1, 0.15) is 25.3 Å². The molecule has 1 saturated heterocycles. The second-order valence-electron chi connectivity index (χ2n) is 6.72. The van der Waals surface area contributed by atoms with Gasteiger partial charge in [0.25, 0.3) is 0 Å². The Morgan fingerprint density at radius 1 is 1.23 bits per heavy atom. The van der Waals surface area contributed by atoms with Crippen LogP contribution in [0.15, 0.2) is 36.4 Å². The average molecular weight is 393 g/mol. The van der Waals surface area contributed by atoms with Crippen LogP contribution in [-0.4, -0.2) is 35.2 Å². The van der Waals surface area contributed by atoms with Crippen molar-refractivity contribution in [3.05, 3.63) is 52.1 Å². The maximum Gasteiger partial charge on any atom is 0.223 e. The molecular formula is C19H22Cl2N4O. The SMILES string of the molecule is CC(Cc1cccc(Cl)c1)NC(=O)C1CCN(c2ccc(Cl)nn2)CC1. The van der Waals surface area contributed by atoms with Gasteiger partial charge in [0.15, 0.2) is 11.0 Å². The highest BCUT2D eigenvalue weighted by Crippen LogP contribution is 2.22. The van der Waals surface area contributed by atoms with Crippen LogP contribution >= 0.6 is 23.2 Å². The number of rotatable bonds is 5. The first-order valence-corrected chi connectivity index (χ1v) is 9.56. The van der Waals surface area contributed by atoms with E-state index in [9.17, 15) is 4.79 Å². The number of hydrogen-bond donors (Lipinski definition) is 1. The molecular weight excluding hydrogens is 371 g/mol. The number of carbonyl (C=O) groups is 1. The lowest BCUT2D eigenvalue weighted by Gasteiger charge is -2.32. The fourth-order valence-electron chi connectivity index (χ4n) is 3.28. The largest absolute Gasteiger partial charge is 0.355 e. The van der Waals surface area contributed by atoms with Crippen molar-refractivity contribution >= 4 is 34.9 Å². The van der Waals surface area contributed by atoms with Gasteiger partial charge in [-0.05, 0) is 56.0 Å². The molecule has 0 radical (unpaired) electrons. The topological polar surface area (TPSA) is 58.1 Å². The normalized spacial score (nSPS) is 16.3. The van der Waals surface area contributed by atoms with E-state index in [1.165, 1.54) is 0 Å². The van der Waals surface area contributed by atoms with E-state index in [2.05, 4.69) is 20.4 Å². The number of anilines is 1. The van der Waals surface area contributed by atoms with Crippen molar-refractivity contribution in [1.82, 2.24) is 15.5 Å². The zero-order chi connectivity index (χ0) is 18.5. The first-order chi connectivity index (χ1) is 12.5. The maximum absolute atomic E-state index is 12.6. The van der Waals surface area contributed by atoms with Gasteiger partial charge in [-0.3, -0.25) is 4.79 Å². The standard InChI is InChI=1S/C19H22Cl2N4O/c1-13(11-14-3-2-4-16(20)12-14)22-19(26)15-7-9-25(10-8-15)18-6-5-17(21)23-24-18/h2-6,12-13,15H,7-11H2,1H3,(H,22,26). The van der Waals surface area contributed by atoms with E-state index in [1.54, 1.807) is 6.07 Å². The fourth-order valence-corrected chi connectivity index (χ4v) is 3.59. The molecule has 138 valence electrons. The van der Waals surface area contributed by atoms with Crippen molar-refractivity contribution in [3.63, 3.8) is 0 Å². The van der Waals surface area contributed by atoms with Crippen molar-refractivity contribution in [2.75, 3.05) is 18.0 Å². The molecule has 26 heavy (non-hydrogen) atoms. The molecule has 1 fully saturated rings. The van der Waals surface area contributed by atoms with Gasteiger partial charge in [0.05, 0.1) is 0 Å². The van der Waals surface area contributed by atoms with Crippen LogP contribution in [0.2, 0.25) is 10.2 Å². The Kier molecular flexibility index (Phi) is 6.33. The van der Waals surface area contributed by atoms with Crippen molar-refractivity contribution in [2.24, 2.45) is 5.92 Å². The highest BCUT2D eigenvalue weighted by Gasteiger charge is 2.26. The van der Waals surface area contributed by atoms with Gasteiger partial charge in [0, 0.05) is 30.1 Å². The molecule has 0 saturated carbocycles. The third kappa shape index (κ3) is 5.08. The Morgan fingerprint density at radius 3 is 2.65 bits per heavy atom. The number of carbonyl (C=O) groups excluding carboxylic acids is 1. The van der Waals surface area contributed by atoms with Gasteiger partial charge in [-0.15, -0.1) is 10.2 Å². The van der Waals surface area contributed by atoms with Gasteiger partial charge in [0.1, 0.15) is 0 Å². The van der Waals surface area contributed by atoms with E-state index < -0.39 is 0 Å². The predicted molar refractivity (Wildman–Crippen MR) is 105 cm³/mol. The van der Waals surface area contributed by atoms with E-state index >= 15 is 0 Å². The fraction of sp³-hybridized carbons (Fsp3) is 0.421. The molecule has 1 unspecified atom stereocenters. The summed E-state index contributed by atoms with van der Waals surface area (Å²) in [6.07, 6.45) is 2.38. The summed E-state index contributed by atoms with van der Waals surface area (Å²) in [5.74, 6) is 0.970. The van der Waals surface area contributed by atoms with Crippen LogP contribution in [0.25, 0.3) is 0 Å². The van der Waals surface area contributed by atoms with Gasteiger partial charge in [-0.25, -0.2) is 0 Å². The molecule has 0 spiro atoms. The van der Waals surface area contributed by atoms with E-state index in [4.69, 9.17) is 23.2 Å². The molecule has 0 bridgehead atoms. The van der Waals surface area contributed by atoms with Gasteiger partial charge in [-0.2, -0.15) is 0 Å². The summed E-state index contributed by atoms with van der Waals surface area (Å²) in [5.41, 5.74) is 1.13. The second-order valence-corrected chi connectivity index (χ2v) is 7.54. The van der Waals surface area contributed by atoms with Crippen LogP contribution < -0.4 is 10.2 Å². The lowest BCUT2D eigenvalue weighted by molar-refractivity contribution is -0.126. The molecule has 1 N–H and O–H groups in total. The summed E-state index contributed by atoms with van der Waals surface area (Å²) in [5, 5.41) is 12.2. The first-order valence-electron chi connectivity index (χ1n) is 8.80. The summed E-state index contributed by atoms with van der Waals surface area (Å²) in [4.78, 5) is 14.7. The quantitative estimate of drug-likeness (QED) is 0.841. The van der Waals surface area contributed by atoms with Crippen LogP contribution in [0.5, 0.6) is 0 Å². The molecule has 2 aromatic rings. The Hall–Kier alpha value is -1.85. The summed E-state index contributed by atoms with van der Waals surface area (Å²) in [6.45, 7) is 3.60. The van der Waals surface area contributed by atoms with Crippen molar-refractivity contribution in [3.8, 4) is 0 Å². The molecule has 2 heterocycles. The van der Waals surface area contributed by atoms with Gasteiger partial charge < -0.3 is 10.2 Å². The number of halogens is 2. The molecule has 1 aliphatic heterocycles. The molecule has 5 nitrogen and oxygen atoms in total. The van der Waals surface area contributed by atoms with E-state index in [-0.39, 0.29) is 17.9 Å². The lowest BCUT2D eigenvalue weighted by atomic mass is 9.95. The Labute approximate surface area is 163 Å². The Morgan fingerprint density at radius 2 is 2.00 bits per heavy atom. The van der Waals surface area contributed by atoms with Gasteiger partial charge in [-0.1, -0.05) is 35.3 Å². The maximum atomic E-state index is 12.6. The third-order valence-corrected chi connectivity index (χ3v) is 5.06. The first kappa shape index (κ1) is 18.9. The molecule has 7 heteroatoms. The minimum Gasteiger partial charge on any atom is -0.355 e. The highest BCUT2D eigenvalue weighted by molar-refractivity contribution is 6.30. The summed E-state index contributed by atoms with van der Waals surface area (Å²) < 4.78 is 0. The van der Waals surface area contributed by atoms with Crippen LogP contribution in [-0.2, 0) is 11.2 Å². The monoisotopic (exact) mass is 392 g/mol. The molecule has 3 rings (SSSR count). The van der Waals surface area contributed by atoms with Crippen molar-refractivity contribution in [1.29, 1.82) is 0 Å². The molecule has 1 aromatic heterocycles. The molecule has 0 aliphatic carbocycles. The van der Waals surface area contributed by atoms with Gasteiger partial charge in [0.2, 0.25) is 5.91 Å². The van der Waals surface area contributed by atoms with E-state index in [0.29, 0.717) is 5.15 Å². The summed E-state index contributed by atoms with van der Waals surface area (Å²) in [7, 11) is 0. The predicted octanol–water partition coefficient (Wildman–Crippen LogP) is 3.75. The molecule has 1 aromatic carbocycles. The minimum absolute atomic E-state index is 0.0355. The van der Waals surface area contributed by atoms with Crippen molar-refractivity contribution in [2.45, 2.75) is 32.2 Å². The average Bonchev–Trinajstić information content (AvgIpc) is 2.62. The van der Waals surface area contributed by atoms with Crippen LogP contribution in [0, 0.1) is 5.92 Å². The van der Waals surface area contributed by atoms with E-state index in [1.807, 2.05) is 37.3 Å². The number of nitrogens with zero attached hydrogens (tertiary/aromatic N) is 3. The zero-order valence-corrected chi connectivity index (χ0v) is 16.2. The smallest absolute Gasteiger partial charge is 0.223 e. The second kappa shape index (κ2) is 8.69. The number of benzene rings is 1. The minimum atomic E-state index is 0.0355. The highest BCUT2D eigenvalue weighted by atomic mass is 35.5. The molecule has 1 amide bonds. The van der Waals surface area contributed by atoms with Crippen molar-refractivity contribution < 1.29 is 4.79 Å². The van der Waals surface area contributed by atoms with Gasteiger partial charge >= 0.3 is 0 Å². The number of amides is 1. The Bertz CT molecular complexity index is 745. The lowest BCUT2D eigenvalue weighted by Crippen LogP contribution is -2.43. The van der Waals surface area contributed by atoms with Crippen LogP contribution in [0.3, 0.4) is 0 Å². The summed E-state index contributed by atoms with van der Waals surface area (Å²) in [6, 6.07) is 11.4. The molecule has 1 aliphatic rings. The summed E-state index contributed by atoms with van der Waals surface area (Å²) >= 11 is 11.8. The van der Waals surface area contributed by atoms with Crippen LogP contribution in [0.4, 0.5) is 5.82 Å². The van der Waals surface area contributed by atoms with E-state index in [0.717, 1.165) is 48.8 Å².